The topological polar surface area (TPSA) is 85.4 Å². The standard InChI is InChI=1S/C24H27BrN2O4/c1-3-4-5-6-7-8-13-31-24-22(25)15-18(16-23(24)30-2)14-20(17-26)19-9-11-21(12-10-19)27(28)29/h9-12,14-16H,3-8,13H2,1-2H3/b20-14+. The molecule has 2 rings (SSSR count). The van der Waals surface area contributed by atoms with Crippen LogP contribution in [0.15, 0.2) is 40.9 Å². The van der Waals surface area contributed by atoms with E-state index in [1.165, 1.54) is 37.8 Å². The molecule has 0 unspecified atom stereocenters. The van der Waals surface area contributed by atoms with Crippen LogP contribution in [0.25, 0.3) is 11.6 Å². The summed E-state index contributed by atoms with van der Waals surface area (Å²) in [4.78, 5) is 10.4. The summed E-state index contributed by atoms with van der Waals surface area (Å²) in [5.74, 6) is 1.22. The molecule has 0 fully saturated rings. The number of hydrogen-bond acceptors (Lipinski definition) is 5. The Bertz CT molecular complexity index is 949. The Kier molecular flexibility index (Phi) is 10.0. The fraction of sp³-hybridized carbons (Fsp3) is 0.375. The molecule has 0 N–H and O–H groups in total. The van der Waals surface area contributed by atoms with Gasteiger partial charge < -0.3 is 9.47 Å². The second-order valence-corrected chi connectivity index (χ2v) is 7.98. The fourth-order valence-corrected chi connectivity index (χ4v) is 3.70. The second-order valence-electron chi connectivity index (χ2n) is 7.12. The predicted molar refractivity (Wildman–Crippen MR) is 126 cm³/mol. The van der Waals surface area contributed by atoms with Gasteiger partial charge in [0.1, 0.15) is 0 Å². The molecule has 31 heavy (non-hydrogen) atoms. The highest BCUT2D eigenvalue weighted by atomic mass is 79.9. The van der Waals surface area contributed by atoms with Crippen LogP contribution in [0.1, 0.15) is 56.6 Å². The molecule has 2 aromatic rings. The minimum absolute atomic E-state index is 0.0164. The minimum atomic E-state index is -0.467. The first-order valence-corrected chi connectivity index (χ1v) is 11.2. The zero-order chi connectivity index (χ0) is 22.6. The van der Waals surface area contributed by atoms with Gasteiger partial charge in [-0.3, -0.25) is 10.1 Å². The van der Waals surface area contributed by atoms with Crippen LogP contribution < -0.4 is 9.47 Å². The highest BCUT2D eigenvalue weighted by molar-refractivity contribution is 9.10. The van der Waals surface area contributed by atoms with Crippen molar-refractivity contribution < 1.29 is 14.4 Å². The average molecular weight is 487 g/mol. The monoisotopic (exact) mass is 486 g/mol. The molecule has 0 radical (unpaired) electrons. The van der Waals surface area contributed by atoms with Crippen molar-refractivity contribution in [3.63, 3.8) is 0 Å². The lowest BCUT2D eigenvalue weighted by Crippen LogP contribution is -2.00. The predicted octanol–water partition coefficient (Wildman–Crippen LogP) is 7.17. The van der Waals surface area contributed by atoms with Crippen molar-refractivity contribution in [2.45, 2.75) is 45.4 Å². The van der Waals surface area contributed by atoms with Crippen LogP contribution in [0.3, 0.4) is 0 Å². The number of methoxy groups -OCH3 is 1. The van der Waals surface area contributed by atoms with Crippen LogP contribution in [-0.4, -0.2) is 18.6 Å². The Hall–Kier alpha value is -2.85. The van der Waals surface area contributed by atoms with Gasteiger partial charge in [-0.15, -0.1) is 0 Å². The van der Waals surface area contributed by atoms with Gasteiger partial charge >= 0.3 is 0 Å². The SMILES string of the molecule is CCCCCCCCOc1c(Br)cc(/C=C(\C#N)c2ccc([N+](=O)[O-])cc2)cc1OC. The van der Waals surface area contributed by atoms with E-state index in [2.05, 4.69) is 28.9 Å². The van der Waals surface area contributed by atoms with Gasteiger partial charge in [-0.1, -0.05) is 39.0 Å². The lowest BCUT2D eigenvalue weighted by atomic mass is 10.0. The Morgan fingerprint density at radius 3 is 2.45 bits per heavy atom. The van der Waals surface area contributed by atoms with E-state index in [1.807, 2.05) is 12.1 Å². The van der Waals surface area contributed by atoms with Gasteiger partial charge in [0.25, 0.3) is 5.69 Å². The molecule has 0 atom stereocenters. The zero-order valence-electron chi connectivity index (χ0n) is 17.9. The van der Waals surface area contributed by atoms with Gasteiger partial charge in [-0.25, -0.2) is 0 Å². The molecular weight excluding hydrogens is 460 g/mol. The van der Waals surface area contributed by atoms with Gasteiger partial charge in [0.15, 0.2) is 11.5 Å². The van der Waals surface area contributed by atoms with Crippen LogP contribution >= 0.6 is 15.9 Å². The maximum atomic E-state index is 10.8. The Morgan fingerprint density at radius 1 is 1.16 bits per heavy atom. The lowest BCUT2D eigenvalue weighted by Gasteiger charge is -2.14. The summed E-state index contributed by atoms with van der Waals surface area (Å²) < 4.78 is 12.2. The van der Waals surface area contributed by atoms with Gasteiger partial charge in [-0.05, 0) is 63.8 Å². The van der Waals surface area contributed by atoms with E-state index in [0.717, 1.165) is 22.9 Å². The van der Waals surface area contributed by atoms with E-state index in [9.17, 15) is 15.4 Å². The quantitative estimate of drug-likeness (QED) is 0.104. The number of halogens is 1. The van der Waals surface area contributed by atoms with Gasteiger partial charge in [0.05, 0.1) is 34.8 Å². The molecule has 6 nitrogen and oxygen atoms in total. The molecule has 7 heteroatoms. The van der Waals surface area contributed by atoms with Gasteiger partial charge in [0.2, 0.25) is 0 Å². The molecule has 0 amide bonds. The number of unbranched alkanes of at least 4 members (excludes halogenated alkanes) is 5. The molecule has 0 spiro atoms. The molecule has 0 aliphatic carbocycles. The van der Waals surface area contributed by atoms with Crippen molar-refractivity contribution in [1.82, 2.24) is 0 Å². The first-order chi connectivity index (χ1) is 15.0. The van der Waals surface area contributed by atoms with Crippen molar-refractivity contribution in [1.29, 1.82) is 5.26 Å². The van der Waals surface area contributed by atoms with E-state index in [4.69, 9.17) is 9.47 Å². The summed E-state index contributed by atoms with van der Waals surface area (Å²) in [5.41, 5.74) is 1.74. The number of ether oxygens (including phenoxy) is 2. The third kappa shape index (κ3) is 7.41. The highest BCUT2D eigenvalue weighted by Crippen LogP contribution is 2.38. The summed E-state index contributed by atoms with van der Waals surface area (Å²) in [7, 11) is 1.58. The Balaban J connectivity index is 2.13. The van der Waals surface area contributed by atoms with Gasteiger partial charge in [-0.2, -0.15) is 5.26 Å². The molecular formula is C24H27BrN2O4. The molecule has 2 aromatic carbocycles. The smallest absolute Gasteiger partial charge is 0.269 e. The number of allylic oxidation sites excluding steroid dienone is 1. The molecule has 0 saturated heterocycles. The highest BCUT2D eigenvalue weighted by Gasteiger charge is 2.13. The summed E-state index contributed by atoms with van der Waals surface area (Å²) in [5, 5.41) is 20.4. The Labute approximate surface area is 191 Å². The normalized spacial score (nSPS) is 11.1. The van der Waals surface area contributed by atoms with E-state index in [1.54, 1.807) is 25.3 Å². The zero-order valence-corrected chi connectivity index (χ0v) is 19.5. The third-order valence-electron chi connectivity index (χ3n) is 4.82. The lowest BCUT2D eigenvalue weighted by molar-refractivity contribution is -0.384. The third-order valence-corrected chi connectivity index (χ3v) is 5.41. The van der Waals surface area contributed by atoms with E-state index in [-0.39, 0.29) is 5.69 Å². The van der Waals surface area contributed by atoms with Crippen LogP contribution in [0.4, 0.5) is 5.69 Å². The first kappa shape index (κ1) is 24.4. The molecule has 0 saturated carbocycles. The van der Waals surface area contributed by atoms with Crippen molar-refractivity contribution in [3.8, 4) is 17.6 Å². The van der Waals surface area contributed by atoms with E-state index in [0.29, 0.717) is 29.2 Å². The average Bonchev–Trinajstić information content (AvgIpc) is 2.77. The molecule has 0 aliphatic rings. The number of nitriles is 1. The summed E-state index contributed by atoms with van der Waals surface area (Å²) in [6.07, 6.45) is 8.84. The van der Waals surface area contributed by atoms with E-state index < -0.39 is 4.92 Å². The van der Waals surface area contributed by atoms with Crippen LogP contribution in [0.5, 0.6) is 11.5 Å². The maximum Gasteiger partial charge on any atom is 0.269 e. The number of nitrogens with zero attached hydrogens (tertiary/aromatic N) is 2. The summed E-state index contributed by atoms with van der Waals surface area (Å²) in [6, 6.07) is 11.7. The number of nitro groups is 1. The number of nitro benzene ring substituents is 1. The van der Waals surface area contributed by atoms with Gasteiger partial charge in [0, 0.05) is 12.1 Å². The maximum absolute atomic E-state index is 10.8. The fourth-order valence-electron chi connectivity index (χ4n) is 3.13. The summed E-state index contributed by atoms with van der Waals surface area (Å²) in [6.45, 7) is 2.82. The molecule has 164 valence electrons. The number of rotatable bonds is 12. The van der Waals surface area contributed by atoms with Crippen LogP contribution in [0.2, 0.25) is 0 Å². The number of hydrogen-bond donors (Lipinski definition) is 0. The summed E-state index contributed by atoms with van der Waals surface area (Å²) >= 11 is 3.54. The number of non-ortho nitro benzene ring substituents is 1. The Morgan fingerprint density at radius 2 is 1.84 bits per heavy atom. The molecule has 0 bridgehead atoms. The van der Waals surface area contributed by atoms with Crippen LogP contribution in [0, 0.1) is 21.4 Å². The van der Waals surface area contributed by atoms with E-state index >= 15 is 0 Å². The first-order valence-electron chi connectivity index (χ1n) is 10.4. The van der Waals surface area contributed by atoms with Crippen molar-refractivity contribution in [2.24, 2.45) is 0 Å². The second kappa shape index (κ2) is 12.8. The van der Waals surface area contributed by atoms with Crippen molar-refractivity contribution in [2.75, 3.05) is 13.7 Å². The minimum Gasteiger partial charge on any atom is -0.493 e. The molecule has 0 aliphatic heterocycles. The van der Waals surface area contributed by atoms with Crippen molar-refractivity contribution >= 4 is 33.3 Å². The molecule has 0 aromatic heterocycles. The largest absolute Gasteiger partial charge is 0.493 e. The number of benzene rings is 2. The molecule has 0 heterocycles. The van der Waals surface area contributed by atoms with Crippen LogP contribution in [-0.2, 0) is 0 Å². The van der Waals surface area contributed by atoms with Crippen molar-refractivity contribution in [3.05, 3.63) is 62.1 Å².